The highest BCUT2D eigenvalue weighted by Crippen LogP contribution is 2.44. The molecular weight excluding hydrogens is 200 g/mol. The molecule has 0 aromatic carbocycles. The van der Waals surface area contributed by atoms with Gasteiger partial charge in [0, 0.05) is 5.41 Å². The van der Waals surface area contributed by atoms with E-state index in [0.717, 1.165) is 6.42 Å². The fourth-order valence-corrected chi connectivity index (χ4v) is 2.51. The Morgan fingerprint density at radius 2 is 1.00 bits per heavy atom. The highest BCUT2D eigenvalue weighted by Gasteiger charge is 2.47. The second kappa shape index (κ2) is 4.66. The second-order valence-electron chi connectivity index (χ2n) is 7.40. The van der Waals surface area contributed by atoms with Crippen molar-refractivity contribution in [3.8, 4) is 0 Å². The Bertz CT molecular complexity index is 200. The van der Waals surface area contributed by atoms with Crippen LogP contribution >= 0.6 is 0 Å². The van der Waals surface area contributed by atoms with Gasteiger partial charge in [-0.2, -0.15) is 0 Å². The summed E-state index contributed by atoms with van der Waals surface area (Å²) < 4.78 is 0. The minimum absolute atomic E-state index is 0.211. The van der Waals surface area contributed by atoms with Crippen molar-refractivity contribution in [1.29, 1.82) is 0 Å². The summed E-state index contributed by atoms with van der Waals surface area (Å²) in [5.41, 5.74) is -0.884. The molecule has 0 aliphatic carbocycles. The molecule has 0 saturated carbocycles. The molecule has 0 amide bonds. The molecule has 0 saturated heterocycles. The molecule has 0 fully saturated rings. The van der Waals surface area contributed by atoms with Crippen molar-refractivity contribution in [3.63, 3.8) is 0 Å². The van der Waals surface area contributed by atoms with Gasteiger partial charge < -0.3 is 10.2 Å². The third-order valence-corrected chi connectivity index (χ3v) is 3.65. The lowest BCUT2D eigenvalue weighted by atomic mass is 9.62. The Morgan fingerprint density at radius 3 is 1.12 bits per heavy atom. The number of aliphatic hydroxyl groups is 2. The number of rotatable bonds is 3. The largest absolute Gasteiger partial charge is 0.392 e. The molecule has 0 aliphatic heterocycles. The molecule has 2 N–H and O–H groups in total. The lowest BCUT2D eigenvalue weighted by Crippen LogP contribution is -2.53. The number of aliphatic hydroxyl groups excluding tert-OH is 2. The molecule has 98 valence electrons. The summed E-state index contributed by atoms with van der Waals surface area (Å²) >= 11 is 0. The van der Waals surface area contributed by atoms with Crippen LogP contribution in [0.25, 0.3) is 0 Å². The van der Waals surface area contributed by atoms with E-state index in [1.165, 1.54) is 0 Å². The Morgan fingerprint density at radius 1 is 0.750 bits per heavy atom. The molecule has 0 rings (SSSR count). The number of hydrogen-bond donors (Lipinski definition) is 2. The van der Waals surface area contributed by atoms with E-state index >= 15 is 0 Å². The van der Waals surface area contributed by atoms with E-state index in [1.54, 1.807) is 0 Å². The van der Waals surface area contributed by atoms with Crippen LogP contribution < -0.4 is 0 Å². The first-order valence-corrected chi connectivity index (χ1v) is 6.23. The van der Waals surface area contributed by atoms with Crippen LogP contribution in [0.3, 0.4) is 0 Å². The van der Waals surface area contributed by atoms with E-state index in [2.05, 4.69) is 0 Å². The fraction of sp³-hybridized carbons (Fsp3) is 1.00. The first-order valence-electron chi connectivity index (χ1n) is 6.23. The minimum Gasteiger partial charge on any atom is -0.392 e. The van der Waals surface area contributed by atoms with Gasteiger partial charge in [0.05, 0.1) is 12.2 Å². The number of hydrogen-bond acceptors (Lipinski definition) is 2. The Labute approximate surface area is 101 Å². The van der Waals surface area contributed by atoms with Crippen molar-refractivity contribution in [1.82, 2.24) is 0 Å². The lowest BCUT2D eigenvalue weighted by Gasteiger charge is -2.48. The van der Waals surface area contributed by atoms with E-state index in [4.69, 9.17) is 0 Å². The Hall–Kier alpha value is -0.0800. The maximum atomic E-state index is 10.5. The van der Waals surface area contributed by atoms with E-state index in [-0.39, 0.29) is 10.8 Å². The Kier molecular flexibility index (Phi) is 4.63. The summed E-state index contributed by atoms with van der Waals surface area (Å²) in [6, 6.07) is 0. The zero-order valence-corrected chi connectivity index (χ0v) is 12.3. The SMILES string of the molecule is CCC(C)(C(O)C(C)(C)C)C(O)C(C)(C)C. The van der Waals surface area contributed by atoms with Crippen LogP contribution in [0.15, 0.2) is 0 Å². The van der Waals surface area contributed by atoms with Crippen LogP contribution in [-0.4, -0.2) is 22.4 Å². The van der Waals surface area contributed by atoms with Gasteiger partial charge in [-0.1, -0.05) is 55.4 Å². The van der Waals surface area contributed by atoms with E-state index in [0.29, 0.717) is 0 Å². The van der Waals surface area contributed by atoms with Crippen LogP contribution in [0, 0.1) is 16.2 Å². The summed E-state index contributed by atoms with van der Waals surface area (Å²) in [5.74, 6) is 0. The summed E-state index contributed by atoms with van der Waals surface area (Å²) in [5, 5.41) is 21.0. The third-order valence-electron chi connectivity index (χ3n) is 3.65. The van der Waals surface area contributed by atoms with Gasteiger partial charge in [0.15, 0.2) is 0 Å². The molecule has 2 heteroatoms. The average Bonchev–Trinajstić information content (AvgIpc) is 2.11. The van der Waals surface area contributed by atoms with Crippen molar-refractivity contribution >= 4 is 0 Å². The summed E-state index contributed by atoms with van der Waals surface area (Å²) in [6.07, 6.45) is -0.261. The van der Waals surface area contributed by atoms with E-state index < -0.39 is 17.6 Å². The molecule has 16 heavy (non-hydrogen) atoms. The van der Waals surface area contributed by atoms with Crippen molar-refractivity contribution in [2.75, 3.05) is 0 Å². The standard InChI is InChI=1S/C14H30O2/c1-9-14(8,10(15)12(2,3)4)11(16)13(5,6)7/h10-11,15-16H,9H2,1-8H3. The predicted molar refractivity (Wildman–Crippen MR) is 69.3 cm³/mol. The van der Waals surface area contributed by atoms with Crippen LogP contribution in [0.4, 0.5) is 0 Å². The van der Waals surface area contributed by atoms with E-state index in [1.807, 2.05) is 55.4 Å². The monoisotopic (exact) mass is 230 g/mol. The van der Waals surface area contributed by atoms with Gasteiger partial charge in [0.2, 0.25) is 0 Å². The smallest absolute Gasteiger partial charge is 0.0666 e. The van der Waals surface area contributed by atoms with Gasteiger partial charge >= 0.3 is 0 Å². The molecule has 0 radical (unpaired) electrons. The molecule has 2 atom stereocenters. The minimum atomic E-state index is -0.515. The van der Waals surface area contributed by atoms with Crippen LogP contribution in [0.5, 0.6) is 0 Å². The molecule has 0 bridgehead atoms. The van der Waals surface area contributed by atoms with Gasteiger partial charge in [-0.3, -0.25) is 0 Å². The zero-order chi connectivity index (χ0) is 13.4. The summed E-state index contributed by atoms with van der Waals surface area (Å²) in [7, 11) is 0. The van der Waals surface area contributed by atoms with Crippen LogP contribution in [0.1, 0.15) is 61.8 Å². The van der Waals surface area contributed by atoms with Gasteiger partial charge in [0.25, 0.3) is 0 Å². The van der Waals surface area contributed by atoms with Gasteiger partial charge in [0.1, 0.15) is 0 Å². The zero-order valence-electron chi connectivity index (χ0n) is 12.3. The average molecular weight is 230 g/mol. The van der Waals surface area contributed by atoms with Crippen molar-refractivity contribution in [2.24, 2.45) is 16.2 Å². The van der Waals surface area contributed by atoms with E-state index in [9.17, 15) is 10.2 Å². The summed E-state index contributed by atoms with van der Waals surface area (Å²) in [6.45, 7) is 16.1. The van der Waals surface area contributed by atoms with Gasteiger partial charge in [-0.15, -0.1) is 0 Å². The molecule has 0 aliphatic rings. The predicted octanol–water partition coefficient (Wildman–Crippen LogP) is 3.22. The molecule has 0 aromatic heterocycles. The molecule has 2 nitrogen and oxygen atoms in total. The first-order chi connectivity index (χ1) is 6.87. The molecular formula is C14H30O2. The molecule has 2 unspecified atom stereocenters. The lowest BCUT2D eigenvalue weighted by molar-refractivity contribution is -0.140. The highest BCUT2D eigenvalue weighted by molar-refractivity contribution is 4.97. The quantitative estimate of drug-likeness (QED) is 0.781. The van der Waals surface area contributed by atoms with Gasteiger partial charge in [-0.05, 0) is 17.3 Å². The maximum absolute atomic E-state index is 10.5. The van der Waals surface area contributed by atoms with Crippen LogP contribution in [0.2, 0.25) is 0 Å². The highest BCUT2D eigenvalue weighted by atomic mass is 16.3. The van der Waals surface area contributed by atoms with Crippen molar-refractivity contribution in [3.05, 3.63) is 0 Å². The van der Waals surface area contributed by atoms with Crippen molar-refractivity contribution < 1.29 is 10.2 Å². The summed E-state index contributed by atoms with van der Waals surface area (Å²) in [4.78, 5) is 0. The molecule has 0 heterocycles. The van der Waals surface area contributed by atoms with Crippen LogP contribution in [-0.2, 0) is 0 Å². The normalized spacial score (nSPS) is 21.4. The topological polar surface area (TPSA) is 40.5 Å². The maximum Gasteiger partial charge on any atom is 0.0666 e. The first kappa shape index (κ1) is 15.9. The fourth-order valence-electron chi connectivity index (χ4n) is 2.51. The second-order valence-corrected chi connectivity index (χ2v) is 7.40. The molecule has 0 aromatic rings. The van der Waals surface area contributed by atoms with Crippen molar-refractivity contribution in [2.45, 2.75) is 74.0 Å². The third kappa shape index (κ3) is 3.21. The van der Waals surface area contributed by atoms with Gasteiger partial charge in [-0.25, -0.2) is 0 Å². The Balaban J connectivity index is 5.21. The molecule has 0 spiro atoms.